The average molecular weight is 345 g/mol. The van der Waals surface area contributed by atoms with Gasteiger partial charge in [-0.25, -0.2) is 4.98 Å². The molecule has 1 amide bonds. The molecule has 1 aliphatic heterocycles. The molecule has 3 heterocycles. The number of fused-ring (bicyclic) bond motifs is 2. The molecule has 0 atom stereocenters. The van der Waals surface area contributed by atoms with E-state index in [-0.39, 0.29) is 5.91 Å². The average Bonchev–Trinajstić information content (AvgIpc) is 3.31. The molecule has 2 aromatic heterocycles. The van der Waals surface area contributed by atoms with Crippen molar-refractivity contribution < 1.29 is 9.21 Å². The number of H-pyrrole nitrogens is 1. The normalized spacial score (nSPS) is 15.8. The zero-order chi connectivity index (χ0) is 17.5. The number of aromatic amines is 1. The van der Waals surface area contributed by atoms with Crippen LogP contribution in [0.2, 0.25) is 0 Å². The summed E-state index contributed by atoms with van der Waals surface area (Å²) in [5, 5.41) is 0.966. The van der Waals surface area contributed by atoms with E-state index in [4.69, 9.17) is 9.40 Å². The first-order valence-corrected chi connectivity index (χ1v) is 9.00. The summed E-state index contributed by atoms with van der Waals surface area (Å²) in [6.07, 6.45) is 1.82. The van der Waals surface area contributed by atoms with Gasteiger partial charge in [-0.3, -0.25) is 4.79 Å². The van der Waals surface area contributed by atoms with E-state index in [0.29, 0.717) is 11.7 Å². The predicted molar refractivity (Wildman–Crippen MR) is 100 cm³/mol. The SMILES string of the molecule is O=C(c1cc2ccccc2o1)N1CCC(c2nc3ccccc3[nH]2)CC1. The van der Waals surface area contributed by atoms with Crippen molar-refractivity contribution in [2.45, 2.75) is 18.8 Å². The Morgan fingerprint density at radius 1 is 1.08 bits per heavy atom. The van der Waals surface area contributed by atoms with Gasteiger partial charge >= 0.3 is 0 Å². The van der Waals surface area contributed by atoms with Crippen LogP contribution in [0.1, 0.15) is 35.1 Å². The first kappa shape index (κ1) is 15.2. The Balaban J connectivity index is 1.31. The van der Waals surface area contributed by atoms with Crippen molar-refractivity contribution >= 4 is 27.9 Å². The van der Waals surface area contributed by atoms with Crippen LogP contribution in [0.15, 0.2) is 59.0 Å². The van der Waals surface area contributed by atoms with Gasteiger partial charge in [-0.2, -0.15) is 0 Å². The van der Waals surface area contributed by atoms with Crippen LogP contribution in [0, 0.1) is 0 Å². The van der Waals surface area contributed by atoms with Gasteiger partial charge in [0.2, 0.25) is 0 Å². The van der Waals surface area contributed by atoms with E-state index >= 15 is 0 Å². The molecule has 5 heteroatoms. The molecular formula is C21H19N3O2. The van der Waals surface area contributed by atoms with E-state index in [0.717, 1.165) is 53.8 Å². The maximum Gasteiger partial charge on any atom is 0.289 e. The number of piperidine rings is 1. The highest BCUT2D eigenvalue weighted by atomic mass is 16.3. The topological polar surface area (TPSA) is 62.1 Å². The fourth-order valence-electron chi connectivity index (χ4n) is 3.77. The number of likely N-dealkylation sites (tertiary alicyclic amines) is 1. The van der Waals surface area contributed by atoms with E-state index < -0.39 is 0 Å². The summed E-state index contributed by atoms with van der Waals surface area (Å²) in [4.78, 5) is 22.8. The summed E-state index contributed by atoms with van der Waals surface area (Å²) >= 11 is 0. The summed E-state index contributed by atoms with van der Waals surface area (Å²) in [5.41, 5.74) is 2.83. The van der Waals surface area contributed by atoms with Gasteiger partial charge in [-0.05, 0) is 37.1 Å². The number of para-hydroxylation sites is 3. The Labute approximate surface area is 150 Å². The predicted octanol–water partition coefficient (Wildman–Crippen LogP) is 4.33. The number of amides is 1. The molecule has 1 fully saturated rings. The molecule has 2 aromatic carbocycles. The lowest BCUT2D eigenvalue weighted by atomic mass is 9.96. The second kappa shape index (κ2) is 6.02. The minimum absolute atomic E-state index is 0.0238. The Bertz CT molecular complexity index is 1020. The number of imidazole rings is 1. The van der Waals surface area contributed by atoms with Crippen molar-refractivity contribution in [3.63, 3.8) is 0 Å². The fourth-order valence-corrected chi connectivity index (χ4v) is 3.77. The van der Waals surface area contributed by atoms with Crippen LogP contribution >= 0.6 is 0 Å². The number of carbonyl (C=O) groups excluding carboxylic acids is 1. The largest absolute Gasteiger partial charge is 0.451 e. The lowest BCUT2D eigenvalue weighted by Gasteiger charge is -2.30. The minimum Gasteiger partial charge on any atom is -0.451 e. The second-order valence-corrected chi connectivity index (χ2v) is 6.85. The van der Waals surface area contributed by atoms with E-state index in [1.807, 2.05) is 59.5 Å². The molecule has 5 rings (SSSR count). The highest BCUT2D eigenvalue weighted by Gasteiger charge is 2.27. The van der Waals surface area contributed by atoms with Crippen LogP contribution in [0.4, 0.5) is 0 Å². The molecule has 1 aliphatic rings. The van der Waals surface area contributed by atoms with E-state index in [1.165, 1.54) is 0 Å². The molecule has 1 N–H and O–H groups in total. The molecule has 5 nitrogen and oxygen atoms in total. The number of nitrogens with one attached hydrogen (secondary N) is 1. The van der Waals surface area contributed by atoms with Crippen molar-refractivity contribution in [2.24, 2.45) is 0 Å². The quantitative estimate of drug-likeness (QED) is 0.588. The molecule has 0 unspecified atom stereocenters. The maximum absolute atomic E-state index is 12.8. The number of benzene rings is 2. The summed E-state index contributed by atoms with van der Waals surface area (Å²) in [5.74, 6) is 1.79. The van der Waals surface area contributed by atoms with E-state index in [9.17, 15) is 4.79 Å². The van der Waals surface area contributed by atoms with E-state index in [1.54, 1.807) is 0 Å². The number of aromatic nitrogens is 2. The molecular weight excluding hydrogens is 326 g/mol. The number of rotatable bonds is 2. The van der Waals surface area contributed by atoms with Crippen LogP contribution in [-0.2, 0) is 0 Å². The van der Waals surface area contributed by atoms with Crippen LogP contribution in [0.3, 0.4) is 0 Å². The molecule has 4 aromatic rings. The van der Waals surface area contributed by atoms with Gasteiger partial charge in [0, 0.05) is 24.4 Å². The smallest absolute Gasteiger partial charge is 0.289 e. The summed E-state index contributed by atoms with van der Waals surface area (Å²) < 4.78 is 5.72. The minimum atomic E-state index is -0.0238. The number of hydrogen-bond donors (Lipinski definition) is 1. The zero-order valence-electron chi connectivity index (χ0n) is 14.3. The Kier molecular flexibility index (Phi) is 3.52. The lowest BCUT2D eigenvalue weighted by Crippen LogP contribution is -2.37. The van der Waals surface area contributed by atoms with Crippen molar-refractivity contribution in [2.75, 3.05) is 13.1 Å². The third kappa shape index (κ3) is 2.56. The standard InChI is InChI=1S/C21H19N3O2/c25-21(19-13-15-5-1-4-8-18(15)26-19)24-11-9-14(10-12-24)20-22-16-6-2-3-7-17(16)23-20/h1-8,13-14H,9-12H2,(H,22,23). The summed E-state index contributed by atoms with van der Waals surface area (Å²) in [7, 11) is 0. The Hall–Kier alpha value is -3.08. The molecule has 0 radical (unpaired) electrons. The number of nitrogens with zero attached hydrogens (tertiary/aromatic N) is 2. The zero-order valence-corrected chi connectivity index (χ0v) is 14.3. The molecule has 0 saturated carbocycles. The first-order chi connectivity index (χ1) is 12.8. The van der Waals surface area contributed by atoms with Gasteiger partial charge < -0.3 is 14.3 Å². The molecule has 0 spiro atoms. The van der Waals surface area contributed by atoms with Gasteiger partial charge in [0.15, 0.2) is 5.76 Å². The number of carbonyl (C=O) groups is 1. The van der Waals surface area contributed by atoms with Crippen molar-refractivity contribution in [3.8, 4) is 0 Å². The van der Waals surface area contributed by atoms with E-state index in [2.05, 4.69) is 4.98 Å². The van der Waals surface area contributed by atoms with Gasteiger partial charge in [-0.15, -0.1) is 0 Å². The van der Waals surface area contributed by atoms with Crippen LogP contribution < -0.4 is 0 Å². The second-order valence-electron chi connectivity index (χ2n) is 6.85. The third-order valence-corrected chi connectivity index (χ3v) is 5.21. The molecule has 26 heavy (non-hydrogen) atoms. The highest BCUT2D eigenvalue weighted by molar-refractivity contribution is 5.96. The number of hydrogen-bond acceptors (Lipinski definition) is 3. The third-order valence-electron chi connectivity index (χ3n) is 5.21. The molecule has 1 saturated heterocycles. The molecule has 0 bridgehead atoms. The maximum atomic E-state index is 12.8. The molecule has 0 aliphatic carbocycles. The van der Waals surface area contributed by atoms with Gasteiger partial charge in [0.25, 0.3) is 5.91 Å². The van der Waals surface area contributed by atoms with Gasteiger partial charge in [0.05, 0.1) is 11.0 Å². The first-order valence-electron chi connectivity index (χ1n) is 9.00. The van der Waals surface area contributed by atoms with Gasteiger partial charge in [-0.1, -0.05) is 30.3 Å². The summed E-state index contributed by atoms with van der Waals surface area (Å²) in [6, 6.07) is 17.6. The van der Waals surface area contributed by atoms with Crippen LogP contribution in [-0.4, -0.2) is 33.9 Å². The van der Waals surface area contributed by atoms with Crippen molar-refractivity contribution in [1.82, 2.24) is 14.9 Å². The monoisotopic (exact) mass is 345 g/mol. The van der Waals surface area contributed by atoms with Crippen molar-refractivity contribution in [3.05, 3.63) is 66.2 Å². The van der Waals surface area contributed by atoms with Gasteiger partial charge in [0.1, 0.15) is 11.4 Å². The van der Waals surface area contributed by atoms with Crippen molar-refractivity contribution in [1.29, 1.82) is 0 Å². The molecule has 130 valence electrons. The Morgan fingerprint density at radius 2 is 1.85 bits per heavy atom. The van der Waals surface area contributed by atoms with Crippen LogP contribution in [0.25, 0.3) is 22.0 Å². The van der Waals surface area contributed by atoms with Crippen LogP contribution in [0.5, 0.6) is 0 Å². The summed E-state index contributed by atoms with van der Waals surface area (Å²) in [6.45, 7) is 1.44. The lowest BCUT2D eigenvalue weighted by molar-refractivity contribution is 0.0681. The highest BCUT2D eigenvalue weighted by Crippen LogP contribution is 2.29. The Morgan fingerprint density at radius 3 is 2.65 bits per heavy atom. The fraction of sp³-hybridized carbons (Fsp3) is 0.238. The number of furan rings is 1.